The predicted molar refractivity (Wildman–Crippen MR) is 103 cm³/mol. The minimum Gasteiger partial charge on any atom is -0.464 e. The molecule has 8 nitrogen and oxygen atoms in total. The molecule has 0 radical (unpaired) electrons. The fraction of sp³-hybridized carbons (Fsp3) is 0.737. The highest BCUT2D eigenvalue weighted by molar-refractivity contribution is 5.90. The van der Waals surface area contributed by atoms with Gasteiger partial charge in [-0.05, 0) is 46.0 Å². The molecule has 1 amide bonds. The Bertz CT molecular complexity index is 670. The molecule has 0 saturated carbocycles. The summed E-state index contributed by atoms with van der Waals surface area (Å²) in [5.74, 6) is 0.120. The zero-order chi connectivity index (χ0) is 20.2. The Morgan fingerprint density at radius 2 is 1.89 bits per heavy atom. The van der Waals surface area contributed by atoms with Gasteiger partial charge < -0.3 is 20.1 Å². The number of nitrogens with zero attached hydrogens (tertiary/aromatic N) is 3. The van der Waals surface area contributed by atoms with Gasteiger partial charge in [-0.2, -0.15) is 5.10 Å². The molecule has 2 heterocycles. The van der Waals surface area contributed by atoms with Gasteiger partial charge in [0.05, 0.1) is 7.11 Å². The van der Waals surface area contributed by atoms with Crippen LogP contribution in [0.5, 0.6) is 0 Å². The number of nitrogens with two attached hydrogens (primary N) is 1. The standard InChI is InChI=1S/C19H32N4O4/c1-6-7-10-23-16(20)14(15(21-23)17(24)26-5)13-8-11-22(12-9-13)18(25)27-19(2,3)4/h13H,6-12,20H2,1-5H3. The molecular formula is C19H32N4O4. The molecular weight excluding hydrogens is 348 g/mol. The number of esters is 1. The lowest BCUT2D eigenvalue weighted by atomic mass is 9.89. The van der Waals surface area contributed by atoms with E-state index in [-0.39, 0.29) is 12.0 Å². The second kappa shape index (κ2) is 8.63. The molecule has 0 aliphatic carbocycles. The van der Waals surface area contributed by atoms with Crippen LogP contribution in [0.2, 0.25) is 0 Å². The molecule has 1 aliphatic rings. The van der Waals surface area contributed by atoms with Crippen molar-refractivity contribution in [3.8, 4) is 0 Å². The number of anilines is 1. The molecule has 2 N–H and O–H groups in total. The molecule has 0 atom stereocenters. The van der Waals surface area contributed by atoms with E-state index in [1.54, 1.807) is 9.58 Å². The van der Waals surface area contributed by atoms with Crippen molar-refractivity contribution in [2.75, 3.05) is 25.9 Å². The third kappa shape index (κ3) is 5.14. The molecule has 0 unspecified atom stereocenters. The van der Waals surface area contributed by atoms with Crippen LogP contribution in [-0.4, -0.2) is 52.5 Å². The lowest BCUT2D eigenvalue weighted by Crippen LogP contribution is -2.41. The Morgan fingerprint density at radius 3 is 2.41 bits per heavy atom. The molecule has 1 aromatic rings. The van der Waals surface area contributed by atoms with Crippen LogP contribution < -0.4 is 5.73 Å². The van der Waals surface area contributed by atoms with Gasteiger partial charge in [-0.15, -0.1) is 0 Å². The number of carbonyl (C=O) groups is 2. The summed E-state index contributed by atoms with van der Waals surface area (Å²) >= 11 is 0. The summed E-state index contributed by atoms with van der Waals surface area (Å²) in [6.07, 6.45) is 3.04. The maximum Gasteiger partial charge on any atom is 0.410 e. The van der Waals surface area contributed by atoms with Crippen molar-refractivity contribution in [3.63, 3.8) is 0 Å². The van der Waals surface area contributed by atoms with Crippen molar-refractivity contribution >= 4 is 17.9 Å². The number of aryl methyl sites for hydroxylation is 1. The molecule has 1 fully saturated rings. The van der Waals surface area contributed by atoms with Crippen molar-refractivity contribution in [1.82, 2.24) is 14.7 Å². The summed E-state index contributed by atoms with van der Waals surface area (Å²) in [4.78, 5) is 26.2. The summed E-state index contributed by atoms with van der Waals surface area (Å²) in [6, 6.07) is 0. The lowest BCUT2D eigenvalue weighted by Gasteiger charge is -2.33. The topological polar surface area (TPSA) is 99.7 Å². The lowest BCUT2D eigenvalue weighted by molar-refractivity contribution is 0.0204. The van der Waals surface area contributed by atoms with Crippen molar-refractivity contribution in [2.24, 2.45) is 0 Å². The molecule has 0 aromatic carbocycles. The molecule has 1 aliphatic heterocycles. The average molecular weight is 380 g/mol. The van der Waals surface area contributed by atoms with E-state index in [0.717, 1.165) is 18.4 Å². The first kappa shape index (κ1) is 21.1. The minimum atomic E-state index is -0.517. The molecule has 2 rings (SSSR count). The summed E-state index contributed by atoms with van der Waals surface area (Å²) < 4.78 is 12.0. The highest BCUT2D eigenvalue weighted by Crippen LogP contribution is 2.35. The van der Waals surface area contributed by atoms with E-state index < -0.39 is 11.6 Å². The monoisotopic (exact) mass is 380 g/mol. The third-order valence-corrected chi connectivity index (χ3v) is 4.69. The summed E-state index contributed by atoms with van der Waals surface area (Å²) in [5, 5.41) is 4.41. The number of nitrogen functional groups attached to an aromatic ring is 1. The summed E-state index contributed by atoms with van der Waals surface area (Å²) in [5.41, 5.74) is 6.86. The fourth-order valence-electron chi connectivity index (χ4n) is 3.29. The molecule has 1 aromatic heterocycles. The summed E-state index contributed by atoms with van der Waals surface area (Å²) in [7, 11) is 1.35. The van der Waals surface area contributed by atoms with Gasteiger partial charge in [0.15, 0.2) is 5.69 Å². The van der Waals surface area contributed by atoms with Gasteiger partial charge in [0, 0.05) is 25.2 Å². The third-order valence-electron chi connectivity index (χ3n) is 4.69. The minimum absolute atomic E-state index is 0.0631. The maximum absolute atomic E-state index is 12.3. The van der Waals surface area contributed by atoms with E-state index in [2.05, 4.69) is 12.0 Å². The van der Waals surface area contributed by atoms with E-state index in [0.29, 0.717) is 44.0 Å². The maximum atomic E-state index is 12.3. The SMILES string of the molecule is CCCCn1nc(C(=O)OC)c(C2CCN(C(=O)OC(C)(C)C)CC2)c1N. The second-order valence-electron chi connectivity index (χ2n) is 7.96. The van der Waals surface area contributed by atoms with Crippen LogP contribution in [0.3, 0.4) is 0 Å². The molecule has 8 heteroatoms. The van der Waals surface area contributed by atoms with Crippen LogP contribution in [0.4, 0.5) is 10.6 Å². The number of carbonyl (C=O) groups excluding carboxylic acids is 2. The van der Waals surface area contributed by atoms with Crippen molar-refractivity contribution in [3.05, 3.63) is 11.3 Å². The predicted octanol–water partition coefficient (Wildman–Crippen LogP) is 3.17. The number of rotatable bonds is 5. The normalized spacial score (nSPS) is 15.7. The first-order valence-corrected chi connectivity index (χ1v) is 9.60. The molecule has 0 bridgehead atoms. The first-order chi connectivity index (χ1) is 12.7. The number of hydrogen-bond acceptors (Lipinski definition) is 6. The van der Waals surface area contributed by atoms with Gasteiger partial charge >= 0.3 is 12.1 Å². The van der Waals surface area contributed by atoms with Crippen LogP contribution >= 0.6 is 0 Å². The number of ether oxygens (including phenoxy) is 2. The zero-order valence-electron chi connectivity index (χ0n) is 17.1. The number of likely N-dealkylation sites (tertiary alicyclic amines) is 1. The number of piperidine rings is 1. The van der Waals surface area contributed by atoms with Gasteiger partial charge in [-0.1, -0.05) is 13.3 Å². The largest absolute Gasteiger partial charge is 0.464 e. The van der Waals surface area contributed by atoms with Crippen LogP contribution in [-0.2, 0) is 16.0 Å². The Kier molecular flexibility index (Phi) is 6.73. The van der Waals surface area contributed by atoms with E-state index in [1.165, 1.54) is 7.11 Å². The van der Waals surface area contributed by atoms with Crippen molar-refractivity contribution < 1.29 is 19.1 Å². The Hall–Kier alpha value is -2.25. The van der Waals surface area contributed by atoms with E-state index in [4.69, 9.17) is 15.2 Å². The number of methoxy groups -OCH3 is 1. The van der Waals surface area contributed by atoms with E-state index in [1.807, 2.05) is 20.8 Å². The first-order valence-electron chi connectivity index (χ1n) is 9.60. The summed E-state index contributed by atoms with van der Waals surface area (Å²) in [6.45, 7) is 9.43. The molecule has 1 saturated heterocycles. The van der Waals surface area contributed by atoms with Crippen LogP contribution in [0.15, 0.2) is 0 Å². The number of aromatic nitrogens is 2. The van der Waals surface area contributed by atoms with E-state index in [9.17, 15) is 9.59 Å². The Balaban J connectivity index is 2.15. The van der Waals surface area contributed by atoms with Gasteiger partial charge in [0.1, 0.15) is 11.4 Å². The Labute approximate surface area is 161 Å². The molecule has 152 valence electrons. The van der Waals surface area contributed by atoms with Crippen molar-refractivity contribution in [2.45, 2.75) is 71.4 Å². The van der Waals surface area contributed by atoms with Crippen molar-refractivity contribution in [1.29, 1.82) is 0 Å². The quantitative estimate of drug-likeness (QED) is 0.788. The van der Waals surface area contributed by atoms with Gasteiger partial charge in [0.25, 0.3) is 0 Å². The zero-order valence-corrected chi connectivity index (χ0v) is 17.1. The highest BCUT2D eigenvalue weighted by Gasteiger charge is 2.33. The number of unbranched alkanes of at least 4 members (excludes halogenated alkanes) is 1. The Morgan fingerprint density at radius 1 is 1.26 bits per heavy atom. The molecule has 27 heavy (non-hydrogen) atoms. The molecule has 0 spiro atoms. The van der Waals surface area contributed by atoms with Gasteiger partial charge in [0.2, 0.25) is 0 Å². The van der Waals surface area contributed by atoms with E-state index >= 15 is 0 Å². The van der Waals surface area contributed by atoms with Gasteiger partial charge in [-0.3, -0.25) is 0 Å². The fourth-order valence-corrected chi connectivity index (χ4v) is 3.29. The number of hydrogen-bond donors (Lipinski definition) is 1. The second-order valence-corrected chi connectivity index (χ2v) is 7.96. The van der Waals surface area contributed by atoms with Crippen LogP contribution in [0.1, 0.15) is 75.3 Å². The van der Waals surface area contributed by atoms with Crippen LogP contribution in [0, 0.1) is 0 Å². The van der Waals surface area contributed by atoms with Crippen LogP contribution in [0.25, 0.3) is 0 Å². The number of amides is 1. The smallest absolute Gasteiger partial charge is 0.410 e. The van der Waals surface area contributed by atoms with Gasteiger partial charge in [-0.25, -0.2) is 14.3 Å². The average Bonchev–Trinajstić information content (AvgIpc) is 2.94. The highest BCUT2D eigenvalue weighted by atomic mass is 16.6.